The summed E-state index contributed by atoms with van der Waals surface area (Å²) in [5.41, 5.74) is 2.04. The summed E-state index contributed by atoms with van der Waals surface area (Å²) in [5.74, 6) is -0.286. The quantitative estimate of drug-likeness (QED) is 0.244. The molecule has 0 aliphatic heterocycles. The Morgan fingerprint density at radius 2 is 1.59 bits per heavy atom. The molecule has 0 aliphatic carbocycles. The Hall–Kier alpha value is -3.56. The van der Waals surface area contributed by atoms with E-state index in [9.17, 15) is 18.0 Å². The van der Waals surface area contributed by atoms with Crippen LogP contribution in [-0.4, -0.2) is 50.9 Å². The number of rotatable bonds is 14. The largest absolute Gasteiger partial charge is 0.494 e. The second kappa shape index (κ2) is 14.9. The normalized spacial score (nSPS) is 11.9. The first-order valence-electron chi connectivity index (χ1n) is 13.7. The minimum atomic E-state index is -4.16. The van der Waals surface area contributed by atoms with Crippen LogP contribution in [0.5, 0.6) is 5.75 Å². The Morgan fingerprint density at radius 1 is 0.951 bits per heavy atom. The summed E-state index contributed by atoms with van der Waals surface area (Å²) < 4.78 is 34.4. The lowest BCUT2D eigenvalue weighted by Gasteiger charge is -2.32. The molecule has 10 heteroatoms. The molecule has 3 rings (SSSR count). The molecule has 1 N–H and O–H groups in total. The fraction of sp³-hybridized carbons (Fsp3) is 0.355. The molecule has 0 aromatic heterocycles. The standard InChI is InChI=1S/C31H38ClN3O5S/c1-5-7-20-33-31(37)24(4)34(21-25-10-12-26(32)13-11-25)30(36)22-35(27-14-8-23(3)9-15-27)41(38,39)29-18-16-28(17-19-29)40-6-2/h8-19,24H,5-7,20-22H2,1-4H3,(H,33,37)/t24-/m1/s1. The first kappa shape index (κ1) is 32.0. The van der Waals surface area contributed by atoms with Gasteiger partial charge in [0.1, 0.15) is 18.3 Å². The zero-order valence-corrected chi connectivity index (χ0v) is 25.5. The summed E-state index contributed by atoms with van der Waals surface area (Å²) in [6.45, 7) is 7.95. The van der Waals surface area contributed by atoms with Crippen molar-refractivity contribution in [2.75, 3.05) is 24.0 Å². The van der Waals surface area contributed by atoms with Gasteiger partial charge in [-0.05, 0) is 81.3 Å². The molecule has 2 amide bonds. The smallest absolute Gasteiger partial charge is 0.264 e. The number of ether oxygens (including phenoxy) is 1. The van der Waals surface area contributed by atoms with E-state index >= 15 is 0 Å². The van der Waals surface area contributed by atoms with Gasteiger partial charge in [-0.2, -0.15) is 0 Å². The van der Waals surface area contributed by atoms with Gasteiger partial charge in [0.2, 0.25) is 11.8 Å². The maximum Gasteiger partial charge on any atom is 0.264 e. The number of amides is 2. The van der Waals surface area contributed by atoms with Gasteiger partial charge in [0.25, 0.3) is 10.0 Å². The van der Waals surface area contributed by atoms with Crippen molar-refractivity contribution in [3.05, 3.63) is 88.9 Å². The summed E-state index contributed by atoms with van der Waals surface area (Å²) in [6, 6.07) is 19.1. The van der Waals surface area contributed by atoms with E-state index in [1.165, 1.54) is 17.0 Å². The van der Waals surface area contributed by atoms with Crippen LogP contribution in [-0.2, 0) is 26.2 Å². The molecule has 8 nitrogen and oxygen atoms in total. The van der Waals surface area contributed by atoms with Crippen LogP contribution in [0.25, 0.3) is 0 Å². The van der Waals surface area contributed by atoms with Crippen LogP contribution in [0.2, 0.25) is 5.02 Å². The Bertz CT molecular complexity index is 1400. The molecule has 0 radical (unpaired) electrons. The molecule has 3 aromatic carbocycles. The van der Waals surface area contributed by atoms with Crippen LogP contribution in [0.15, 0.2) is 77.7 Å². The number of hydrogen-bond donors (Lipinski definition) is 1. The number of carbonyl (C=O) groups is 2. The van der Waals surface area contributed by atoms with Crippen molar-refractivity contribution in [1.29, 1.82) is 0 Å². The number of hydrogen-bond acceptors (Lipinski definition) is 5. The van der Waals surface area contributed by atoms with Crippen LogP contribution in [0, 0.1) is 6.92 Å². The molecule has 0 bridgehead atoms. The minimum absolute atomic E-state index is 0.0175. The third-order valence-electron chi connectivity index (χ3n) is 6.59. The van der Waals surface area contributed by atoms with Crippen LogP contribution in [0.4, 0.5) is 5.69 Å². The number of halogens is 1. The van der Waals surface area contributed by atoms with E-state index in [1.807, 2.05) is 20.8 Å². The van der Waals surface area contributed by atoms with E-state index in [1.54, 1.807) is 67.6 Å². The van der Waals surface area contributed by atoms with E-state index in [0.717, 1.165) is 28.3 Å². The molecular formula is C31H38ClN3O5S. The Labute approximate surface area is 248 Å². The van der Waals surface area contributed by atoms with Gasteiger partial charge in [0.15, 0.2) is 0 Å². The fourth-order valence-corrected chi connectivity index (χ4v) is 5.69. The highest BCUT2D eigenvalue weighted by atomic mass is 35.5. The number of nitrogens with one attached hydrogen (secondary N) is 1. The van der Waals surface area contributed by atoms with E-state index in [4.69, 9.17) is 16.3 Å². The Kier molecular flexibility index (Phi) is 11.6. The van der Waals surface area contributed by atoms with Gasteiger partial charge in [-0.15, -0.1) is 0 Å². The van der Waals surface area contributed by atoms with Gasteiger partial charge in [0.05, 0.1) is 17.2 Å². The van der Waals surface area contributed by atoms with E-state index in [2.05, 4.69) is 5.32 Å². The molecule has 0 unspecified atom stereocenters. The summed E-state index contributed by atoms with van der Waals surface area (Å²) in [5, 5.41) is 3.42. The average Bonchev–Trinajstić information content (AvgIpc) is 2.96. The van der Waals surface area contributed by atoms with Crippen LogP contribution < -0.4 is 14.4 Å². The lowest BCUT2D eigenvalue weighted by atomic mass is 10.1. The summed E-state index contributed by atoms with van der Waals surface area (Å²) in [6.07, 6.45) is 1.72. The van der Waals surface area contributed by atoms with Crippen molar-refractivity contribution in [3.8, 4) is 5.75 Å². The molecule has 1 atom stereocenters. The lowest BCUT2D eigenvalue weighted by Crippen LogP contribution is -2.51. The fourth-order valence-electron chi connectivity index (χ4n) is 4.15. The number of unbranched alkanes of at least 4 members (excludes halogenated alkanes) is 1. The molecule has 0 spiro atoms. The van der Waals surface area contributed by atoms with Gasteiger partial charge in [0, 0.05) is 18.1 Å². The molecule has 41 heavy (non-hydrogen) atoms. The number of anilines is 1. The Balaban J connectivity index is 1.98. The van der Waals surface area contributed by atoms with Crippen molar-refractivity contribution < 1.29 is 22.7 Å². The van der Waals surface area contributed by atoms with Crippen molar-refractivity contribution in [1.82, 2.24) is 10.2 Å². The van der Waals surface area contributed by atoms with Crippen LogP contribution >= 0.6 is 11.6 Å². The monoisotopic (exact) mass is 599 g/mol. The molecule has 0 saturated heterocycles. The first-order chi connectivity index (χ1) is 19.6. The second-order valence-electron chi connectivity index (χ2n) is 9.72. The highest BCUT2D eigenvalue weighted by molar-refractivity contribution is 7.92. The van der Waals surface area contributed by atoms with Gasteiger partial charge >= 0.3 is 0 Å². The second-order valence-corrected chi connectivity index (χ2v) is 12.0. The maximum atomic E-state index is 14.0. The summed E-state index contributed by atoms with van der Waals surface area (Å²) in [7, 11) is -4.16. The predicted octanol–water partition coefficient (Wildman–Crippen LogP) is 5.58. The SMILES string of the molecule is CCCCNC(=O)[C@@H](C)N(Cc1ccc(Cl)cc1)C(=O)CN(c1ccc(C)cc1)S(=O)(=O)c1ccc(OCC)cc1. The van der Waals surface area contributed by atoms with Gasteiger partial charge in [-0.3, -0.25) is 13.9 Å². The highest BCUT2D eigenvalue weighted by Gasteiger charge is 2.32. The summed E-state index contributed by atoms with van der Waals surface area (Å²) in [4.78, 5) is 28.4. The van der Waals surface area contributed by atoms with Gasteiger partial charge in [-0.25, -0.2) is 8.42 Å². The van der Waals surface area contributed by atoms with E-state index in [-0.39, 0.29) is 17.3 Å². The first-order valence-corrected chi connectivity index (χ1v) is 15.5. The Morgan fingerprint density at radius 3 is 2.17 bits per heavy atom. The number of sulfonamides is 1. The lowest BCUT2D eigenvalue weighted by molar-refractivity contribution is -0.139. The number of aryl methyl sites for hydroxylation is 1. The van der Waals surface area contributed by atoms with Crippen molar-refractivity contribution in [2.45, 2.75) is 58.0 Å². The third kappa shape index (κ3) is 8.71. The van der Waals surface area contributed by atoms with Crippen molar-refractivity contribution >= 4 is 39.1 Å². The molecule has 0 heterocycles. The molecule has 3 aromatic rings. The predicted molar refractivity (Wildman–Crippen MR) is 163 cm³/mol. The van der Waals surface area contributed by atoms with Crippen LogP contribution in [0.3, 0.4) is 0 Å². The van der Waals surface area contributed by atoms with E-state index in [0.29, 0.717) is 29.6 Å². The molecule has 0 fully saturated rings. The summed E-state index contributed by atoms with van der Waals surface area (Å²) >= 11 is 6.05. The zero-order chi connectivity index (χ0) is 30.0. The van der Waals surface area contributed by atoms with Gasteiger partial charge < -0.3 is 15.0 Å². The molecule has 220 valence electrons. The number of nitrogens with zero attached hydrogens (tertiary/aromatic N) is 2. The highest BCUT2D eigenvalue weighted by Crippen LogP contribution is 2.26. The van der Waals surface area contributed by atoms with Crippen molar-refractivity contribution in [2.24, 2.45) is 0 Å². The van der Waals surface area contributed by atoms with Crippen molar-refractivity contribution in [3.63, 3.8) is 0 Å². The molecule has 0 aliphatic rings. The van der Waals surface area contributed by atoms with E-state index < -0.39 is 28.5 Å². The van der Waals surface area contributed by atoms with Crippen LogP contribution in [0.1, 0.15) is 44.7 Å². The number of benzene rings is 3. The average molecular weight is 600 g/mol. The zero-order valence-electron chi connectivity index (χ0n) is 24.0. The van der Waals surface area contributed by atoms with Gasteiger partial charge in [-0.1, -0.05) is 54.8 Å². The maximum absolute atomic E-state index is 14.0. The molecule has 0 saturated carbocycles. The topological polar surface area (TPSA) is 96.0 Å². The molecular weight excluding hydrogens is 562 g/mol. The minimum Gasteiger partial charge on any atom is -0.494 e. The third-order valence-corrected chi connectivity index (χ3v) is 8.63. The number of carbonyl (C=O) groups excluding carboxylic acids is 2.